The lowest BCUT2D eigenvalue weighted by atomic mass is 10.9. The molecule has 0 spiro atoms. The Kier molecular flexibility index (Phi) is 5.86. The van der Waals surface area contributed by atoms with Gasteiger partial charge in [0.2, 0.25) is 0 Å². The molecule has 0 heterocycles. The van der Waals surface area contributed by atoms with E-state index in [9.17, 15) is 0 Å². The fraction of sp³-hybridized carbons (Fsp3) is 0.600. The van der Waals surface area contributed by atoms with Crippen molar-refractivity contribution in [2.24, 2.45) is 0 Å². The van der Waals surface area contributed by atoms with Gasteiger partial charge in [-0.1, -0.05) is 0 Å². The Hall–Kier alpha value is -0.160. The van der Waals surface area contributed by atoms with E-state index in [1.165, 1.54) is 0 Å². The van der Waals surface area contributed by atoms with Gasteiger partial charge >= 0.3 is 0 Å². The number of hydrogen-bond acceptors (Lipinski definition) is 4. The molecule has 0 unspecified atom stereocenters. The van der Waals surface area contributed by atoms with Crippen molar-refractivity contribution in [1.29, 1.82) is 0 Å². The van der Waals surface area contributed by atoms with Gasteiger partial charge in [0.25, 0.3) is 0 Å². The highest BCUT2D eigenvalue weighted by atomic mass is 15.5. The van der Waals surface area contributed by atoms with Gasteiger partial charge < -0.3 is 0 Å². The second-order valence-electron chi connectivity index (χ2n) is 1.41. The first-order chi connectivity index (χ1) is 4.31. The lowest BCUT2D eigenvalue weighted by molar-refractivity contribution is 0.296. The van der Waals surface area contributed by atoms with Crippen LogP contribution in [0.2, 0.25) is 0 Å². The van der Waals surface area contributed by atoms with Gasteiger partial charge in [0, 0.05) is 7.05 Å². The predicted octanol–water partition coefficient (Wildman–Crippen LogP) is -1.15. The molecule has 9 heavy (non-hydrogen) atoms. The summed E-state index contributed by atoms with van der Waals surface area (Å²) in [6.45, 7) is 5.41. The number of nitrogens with zero attached hydrogens (tertiary/aromatic N) is 1. The molecule has 0 rings (SSSR count). The number of hydrazine groups is 1. The molecule has 0 aromatic carbocycles. The smallest absolute Gasteiger partial charge is 0.157 e. The van der Waals surface area contributed by atoms with Gasteiger partial charge in [-0.05, 0) is 14.1 Å². The van der Waals surface area contributed by atoms with Crippen molar-refractivity contribution in [2.75, 3.05) is 21.1 Å². The molecule has 0 aromatic rings. The van der Waals surface area contributed by atoms with Gasteiger partial charge in [-0.3, -0.25) is 10.6 Å². The molecule has 0 saturated heterocycles. The van der Waals surface area contributed by atoms with Crippen LogP contribution in [0.4, 0.5) is 0 Å². The molecule has 0 aromatic heterocycles. The Bertz CT molecular complexity index is 56.9. The van der Waals surface area contributed by atoms with Crippen LogP contribution in [-0.4, -0.2) is 26.2 Å². The maximum Gasteiger partial charge on any atom is 0.157 e. The summed E-state index contributed by atoms with van der Waals surface area (Å²) in [4.78, 5) is 0. The van der Waals surface area contributed by atoms with Crippen molar-refractivity contribution in [2.45, 2.75) is 0 Å². The van der Waals surface area contributed by atoms with E-state index in [0.717, 1.165) is 0 Å². The van der Waals surface area contributed by atoms with E-state index in [2.05, 4.69) is 29.4 Å². The van der Waals surface area contributed by atoms with Crippen LogP contribution >= 0.6 is 0 Å². The molecule has 0 bridgehead atoms. The number of rotatable bonds is 5. The zero-order valence-corrected chi connectivity index (χ0v) is 5.95. The van der Waals surface area contributed by atoms with Gasteiger partial charge in [0.05, 0.1) is 0 Å². The molecule has 0 fully saturated rings. The molecule has 4 heteroatoms. The highest BCUT2D eigenvalue weighted by molar-refractivity contribution is 4.57. The van der Waals surface area contributed by atoms with E-state index in [4.69, 9.17) is 0 Å². The SMILES string of the molecule is CN[C]NN(C)[C]NC. The largest absolute Gasteiger partial charge is 0.296 e. The van der Waals surface area contributed by atoms with Crippen LogP contribution < -0.4 is 16.1 Å². The van der Waals surface area contributed by atoms with Crippen molar-refractivity contribution in [3.05, 3.63) is 13.3 Å². The first-order valence-electron chi connectivity index (χ1n) is 2.64. The second-order valence-corrected chi connectivity index (χ2v) is 1.41. The fourth-order valence-corrected chi connectivity index (χ4v) is 0.335. The van der Waals surface area contributed by atoms with Crippen molar-refractivity contribution in [1.82, 2.24) is 21.1 Å². The molecule has 0 amide bonds. The minimum Gasteiger partial charge on any atom is -0.296 e. The topological polar surface area (TPSA) is 39.3 Å². The average molecular weight is 128 g/mol. The lowest BCUT2D eigenvalue weighted by Gasteiger charge is -2.13. The maximum absolute atomic E-state index is 2.75. The third kappa shape index (κ3) is 5.72. The quantitative estimate of drug-likeness (QED) is 0.323. The molecule has 4 nitrogen and oxygen atoms in total. The van der Waals surface area contributed by atoms with Crippen molar-refractivity contribution >= 4 is 0 Å². The van der Waals surface area contributed by atoms with Crippen molar-refractivity contribution in [3.8, 4) is 0 Å². The summed E-state index contributed by atoms with van der Waals surface area (Å²) < 4.78 is 0. The lowest BCUT2D eigenvalue weighted by Crippen LogP contribution is -2.37. The fourth-order valence-electron chi connectivity index (χ4n) is 0.335. The van der Waals surface area contributed by atoms with E-state index in [0.29, 0.717) is 0 Å². The van der Waals surface area contributed by atoms with Gasteiger partial charge in [-0.2, -0.15) is 0 Å². The van der Waals surface area contributed by atoms with Crippen LogP contribution in [0, 0.1) is 13.3 Å². The van der Waals surface area contributed by atoms with Crippen LogP contribution in [-0.2, 0) is 0 Å². The highest BCUT2D eigenvalue weighted by Gasteiger charge is 1.93. The molecule has 4 radical (unpaired) electrons. The minimum absolute atomic E-state index is 1.61. The number of nitrogens with one attached hydrogen (secondary N) is 3. The molecule has 0 aliphatic heterocycles. The third-order valence-electron chi connectivity index (χ3n) is 0.628. The summed E-state index contributed by atoms with van der Waals surface area (Å²) in [6.07, 6.45) is 0. The Morgan fingerprint density at radius 2 is 1.89 bits per heavy atom. The molecular weight excluding hydrogens is 116 g/mol. The Labute approximate surface area is 56.6 Å². The summed E-state index contributed by atoms with van der Waals surface area (Å²) in [7, 11) is 5.35. The molecular formula is C5H12N4. The van der Waals surface area contributed by atoms with E-state index in [1.54, 1.807) is 26.2 Å². The predicted molar refractivity (Wildman–Crippen MR) is 35.5 cm³/mol. The Morgan fingerprint density at radius 3 is 2.33 bits per heavy atom. The van der Waals surface area contributed by atoms with Crippen molar-refractivity contribution < 1.29 is 0 Å². The van der Waals surface area contributed by atoms with Crippen molar-refractivity contribution in [3.63, 3.8) is 0 Å². The summed E-state index contributed by atoms with van der Waals surface area (Å²) in [6, 6.07) is 0. The Balaban J connectivity index is 2.95. The maximum atomic E-state index is 2.75. The van der Waals surface area contributed by atoms with E-state index < -0.39 is 0 Å². The third-order valence-corrected chi connectivity index (χ3v) is 0.628. The highest BCUT2D eigenvalue weighted by Crippen LogP contribution is 1.73. The monoisotopic (exact) mass is 128 g/mol. The van der Waals surface area contributed by atoms with Gasteiger partial charge in [0.15, 0.2) is 13.3 Å². The van der Waals surface area contributed by atoms with E-state index in [1.807, 2.05) is 0 Å². The van der Waals surface area contributed by atoms with Gasteiger partial charge in [0.1, 0.15) is 0 Å². The molecule has 0 saturated carbocycles. The van der Waals surface area contributed by atoms with Crippen LogP contribution in [0.5, 0.6) is 0 Å². The second kappa shape index (κ2) is 5.97. The summed E-state index contributed by atoms with van der Waals surface area (Å²) in [5, 5.41) is 7.02. The van der Waals surface area contributed by atoms with Crippen LogP contribution in [0.1, 0.15) is 0 Å². The van der Waals surface area contributed by atoms with Crippen LogP contribution in [0.15, 0.2) is 0 Å². The summed E-state index contributed by atoms with van der Waals surface area (Å²) in [5.74, 6) is 0. The summed E-state index contributed by atoms with van der Waals surface area (Å²) >= 11 is 0. The number of hydrogen-bond donors (Lipinski definition) is 3. The van der Waals surface area contributed by atoms with Crippen LogP contribution in [0.3, 0.4) is 0 Å². The van der Waals surface area contributed by atoms with Gasteiger partial charge in [-0.15, -0.1) is 0 Å². The van der Waals surface area contributed by atoms with E-state index in [-0.39, 0.29) is 0 Å². The summed E-state index contributed by atoms with van der Waals surface area (Å²) in [5.41, 5.74) is 2.73. The van der Waals surface area contributed by atoms with Crippen LogP contribution in [0.25, 0.3) is 0 Å². The molecule has 3 N–H and O–H groups in total. The zero-order valence-electron chi connectivity index (χ0n) is 5.95. The van der Waals surface area contributed by atoms with E-state index >= 15 is 0 Å². The Morgan fingerprint density at radius 1 is 1.22 bits per heavy atom. The minimum atomic E-state index is 1.61. The zero-order chi connectivity index (χ0) is 7.11. The molecule has 0 atom stereocenters. The average Bonchev–Trinajstić information content (AvgIpc) is 1.85. The molecule has 0 aliphatic rings. The standard InChI is InChI=1S/C5H12N4/c1-6-4-8-9(3)5-7-2/h6-8H,1-3H3. The first-order valence-corrected chi connectivity index (χ1v) is 2.64. The molecule has 0 aliphatic carbocycles. The first kappa shape index (κ1) is 8.84. The van der Waals surface area contributed by atoms with Gasteiger partial charge in [-0.25, -0.2) is 10.4 Å². The molecule has 52 valence electrons. The normalized spacial score (nSPS) is 10.7.